The van der Waals surface area contributed by atoms with Crippen molar-refractivity contribution in [3.8, 4) is 0 Å². The first kappa shape index (κ1) is 19.0. The van der Waals surface area contributed by atoms with Crippen molar-refractivity contribution >= 4 is 44.1 Å². The molecule has 29 heavy (non-hydrogen) atoms. The quantitative estimate of drug-likeness (QED) is 0.410. The van der Waals surface area contributed by atoms with E-state index in [-0.39, 0.29) is 18.1 Å². The van der Waals surface area contributed by atoms with Gasteiger partial charge in [-0.15, -0.1) is 0 Å². The number of anilines is 2. The zero-order chi connectivity index (χ0) is 20.4. The molecule has 4 nitrogen and oxygen atoms in total. The molecule has 0 unspecified atom stereocenters. The SMILES string of the molecule is CC(=O)c1ccc(N(C(=O)Cc2ccccc2F)c2nc3ccccc3s2)cc1. The maximum Gasteiger partial charge on any atom is 0.237 e. The highest BCUT2D eigenvalue weighted by Gasteiger charge is 2.23. The lowest BCUT2D eigenvalue weighted by Crippen LogP contribution is -2.27. The van der Waals surface area contributed by atoms with Gasteiger partial charge in [-0.25, -0.2) is 9.37 Å². The van der Waals surface area contributed by atoms with Gasteiger partial charge in [-0.2, -0.15) is 0 Å². The molecule has 4 rings (SSSR count). The minimum absolute atomic E-state index is 0.0548. The van der Waals surface area contributed by atoms with Crippen molar-refractivity contribution in [2.75, 3.05) is 4.90 Å². The third-order valence-corrected chi connectivity index (χ3v) is 5.58. The highest BCUT2D eigenvalue weighted by molar-refractivity contribution is 7.22. The highest BCUT2D eigenvalue weighted by atomic mass is 32.1. The summed E-state index contributed by atoms with van der Waals surface area (Å²) in [5.41, 5.74) is 2.25. The van der Waals surface area contributed by atoms with Gasteiger partial charge in [0.1, 0.15) is 5.82 Å². The maximum absolute atomic E-state index is 14.1. The number of halogens is 1. The van der Waals surface area contributed by atoms with Crippen LogP contribution < -0.4 is 4.90 Å². The number of carbonyl (C=O) groups is 2. The summed E-state index contributed by atoms with van der Waals surface area (Å²) in [4.78, 5) is 30.9. The van der Waals surface area contributed by atoms with Crippen molar-refractivity contribution in [3.05, 3.63) is 89.7 Å². The van der Waals surface area contributed by atoms with Crippen LogP contribution in [-0.2, 0) is 11.2 Å². The van der Waals surface area contributed by atoms with E-state index in [2.05, 4.69) is 4.98 Å². The molecule has 0 fully saturated rings. The molecule has 0 N–H and O–H groups in total. The number of fused-ring (bicyclic) bond motifs is 1. The monoisotopic (exact) mass is 404 g/mol. The number of benzene rings is 3. The number of aromatic nitrogens is 1. The fraction of sp³-hybridized carbons (Fsp3) is 0.0870. The van der Waals surface area contributed by atoms with Gasteiger partial charge < -0.3 is 0 Å². The molecule has 0 radical (unpaired) electrons. The van der Waals surface area contributed by atoms with Gasteiger partial charge >= 0.3 is 0 Å². The highest BCUT2D eigenvalue weighted by Crippen LogP contribution is 2.34. The molecule has 0 aliphatic heterocycles. The Hall–Kier alpha value is -3.38. The Balaban J connectivity index is 1.76. The minimum Gasteiger partial charge on any atom is -0.295 e. The van der Waals surface area contributed by atoms with Crippen LogP contribution in [0.4, 0.5) is 15.2 Å². The van der Waals surface area contributed by atoms with Gasteiger partial charge in [0.25, 0.3) is 0 Å². The number of carbonyl (C=O) groups excluding carboxylic acids is 2. The molecule has 1 amide bonds. The number of Topliss-reactive ketones (excluding diaryl/α,β-unsaturated/α-hetero) is 1. The lowest BCUT2D eigenvalue weighted by Gasteiger charge is -2.20. The number of amides is 1. The van der Waals surface area contributed by atoms with E-state index in [1.807, 2.05) is 24.3 Å². The number of nitrogens with zero attached hydrogens (tertiary/aromatic N) is 2. The first-order chi connectivity index (χ1) is 14.0. The van der Waals surface area contributed by atoms with E-state index >= 15 is 0 Å². The Morgan fingerprint density at radius 1 is 0.966 bits per heavy atom. The zero-order valence-corrected chi connectivity index (χ0v) is 16.4. The largest absolute Gasteiger partial charge is 0.295 e. The lowest BCUT2D eigenvalue weighted by atomic mass is 10.1. The maximum atomic E-state index is 14.1. The molecule has 1 heterocycles. The molecule has 3 aromatic carbocycles. The fourth-order valence-corrected chi connectivity index (χ4v) is 4.05. The van der Waals surface area contributed by atoms with Crippen LogP contribution in [0.3, 0.4) is 0 Å². The van der Waals surface area contributed by atoms with Crippen LogP contribution >= 0.6 is 11.3 Å². The second-order valence-electron chi connectivity index (χ2n) is 6.56. The van der Waals surface area contributed by atoms with Gasteiger partial charge in [-0.1, -0.05) is 41.7 Å². The second-order valence-corrected chi connectivity index (χ2v) is 7.57. The summed E-state index contributed by atoms with van der Waals surface area (Å²) >= 11 is 1.39. The molecule has 0 atom stereocenters. The van der Waals surface area contributed by atoms with Crippen molar-refractivity contribution < 1.29 is 14.0 Å². The van der Waals surface area contributed by atoms with Gasteiger partial charge in [0.05, 0.1) is 22.3 Å². The Kier molecular flexibility index (Phi) is 5.18. The molecule has 0 bridgehead atoms. The summed E-state index contributed by atoms with van der Waals surface area (Å²) in [5, 5.41) is 0.503. The van der Waals surface area contributed by atoms with E-state index in [1.54, 1.807) is 42.5 Å². The molecule has 4 aromatic rings. The Morgan fingerprint density at radius 2 is 1.66 bits per heavy atom. The summed E-state index contributed by atoms with van der Waals surface area (Å²) in [6, 6.07) is 20.6. The number of rotatable bonds is 5. The van der Waals surface area contributed by atoms with E-state index < -0.39 is 5.82 Å². The first-order valence-electron chi connectivity index (χ1n) is 9.06. The molecule has 1 aromatic heterocycles. The van der Waals surface area contributed by atoms with Crippen LogP contribution in [0.1, 0.15) is 22.8 Å². The molecular formula is C23H17FN2O2S. The first-order valence-corrected chi connectivity index (χ1v) is 9.87. The molecular weight excluding hydrogens is 387 g/mol. The van der Waals surface area contributed by atoms with E-state index in [9.17, 15) is 14.0 Å². The topological polar surface area (TPSA) is 50.3 Å². The molecule has 0 aliphatic carbocycles. The Bertz CT molecular complexity index is 1170. The number of ketones is 1. The van der Waals surface area contributed by atoms with E-state index in [4.69, 9.17) is 0 Å². The summed E-state index contributed by atoms with van der Waals surface area (Å²) in [5.74, 6) is -0.775. The smallest absolute Gasteiger partial charge is 0.237 e. The van der Waals surface area contributed by atoms with Gasteiger partial charge in [0.15, 0.2) is 10.9 Å². The van der Waals surface area contributed by atoms with Crippen molar-refractivity contribution in [2.24, 2.45) is 0 Å². The number of hydrogen-bond acceptors (Lipinski definition) is 4. The number of hydrogen-bond donors (Lipinski definition) is 0. The summed E-state index contributed by atoms with van der Waals surface area (Å²) < 4.78 is 15.1. The average Bonchev–Trinajstić information content (AvgIpc) is 3.14. The molecule has 144 valence electrons. The van der Waals surface area contributed by atoms with Crippen LogP contribution in [0, 0.1) is 5.82 Å². The molecule has 0 saturated carbocycles. The predicted molar refractivity (Wildman–Crippen MR) is 113 cm³/mol. The average molecular weight is 404 g/mol. The van der Waals surface area contributed by atoms with E-state index in [0.29, 0.717) is 21.9 Å². The Labute approximate surface area is 171 Å². The van der Waals surface area contributed by atoms with Crippen molar-refractivity contribution in [1.82, 2.24) is 4.98 Å². The number of para-hydroxylation sites is 1. The van der Waals surface area contributed by atoms with Crippen LogP contribution in [0.2, 0.25) is 0 Å². The van der Waals surface area contributed by atoms with Gasteiger partial charge in [0.2, 0.25) is 5.91 Å². The van der Waals surface area contributed by atoms with Crippen LogP contribution in [-0.4, -0.2) is 16.7 Å². The zero-order valence-electron chi connectivity index (χ0n) is 15.6. The molecule has 0 aliphatic rings. The Morgan fingerprint density at radius 3 is 2.34 bits per heavy atom. The molecule has 0 saturated heterocycles. The van der Waals surface area contributed by atoms with E-state index in [1.165, 1.54) is 29.2 Å². The lowest BCUT2D eigenvalue weighted by molar-refractivity contribution is -0.117. The molecule has 0 spiro atoms. The van der Waals surface area contributed by atoms with Crippen LogP contribution in [0.25, 0.3) is 10.2 Å². The van der Waals surface area contributed by atoms with Crippen molar-refractivity contribution in [3.63, 3.8) is 0 Å². The van der Waals surface area contributed by atoms with Gasteiger partial charge in [-0.05, 0) is 55.0 Å². The van der Waals surface area contributed by atoms with Gasteiger partial charge in [0, 0.05) is 5.56 Å². The van der Waals surface area contributed by atoms with Crippen LogP contribution in [0.5, 0.6) is 0 Å². The fourth-order valence-electron chi connectivity index (χ4n) is 3.05. The summed E-state index contributed by atoms with van der Waals surface area (Å²) in [6.45, 7) is 1.49. The third kappa shape index (κ3) is 3.93. The number of thiazole rings is 1. The van der Waals surface area contributed by atoms with Gasteiger partial charge in [-0.3, -0.25) is 14.5 Å². The van der Waals surface area contributed by atoms with E-state index in [0.717, 1.165) is 10.2 Å². The van der Waals surface area contributed by atoms with Crippen molar-refractivity contribution in [2.45, 2.75) is 13.3 Å². The summed E-state index contributed by atoms with van der Waals surface area (Å²) in [6.07, 6.45) is -0.100. The predicted octanol–water partition coefficient (Wildman–Crippen LogP) is 5.55. The van der Waals surface area contributed by atoms with Crippen LogP contribution in [0.15, 0.2) is 72.8 Å². The minimum atomic E-state index is -0.419. The normalized spacial score (nSPS) is 10.8. The molecule has 6 heteroatoms. The second kappa shape index (κ2) is 7.93. The van der Waals surface area contributed by atoms with Crippen molar-refractivity contribution in [1.29, 1.82) is 0 Å². The summed E-state index contributed by atoms with van der Waals surface area (Å²) in [7, 11) is 0. The standard InChI is InChI=1S/C23H17FN2O2S/c1-15(27)16-10-12-18(13-11-16)26(22(28)14-17-6-2-3-7-19(17)24)23-25-20-8-4-5-9-21(20)29-23/h2-13H,14H2,1H3. The third-order valence-electron chi connectivity index (χ3n) is 4.55.